The molecule has 0 aliphatic heterocycles. The maximum absolute atomic E-state index is 12.2. The highest BCUT2D eigenvalue weighted by molar-refractivity contribution is 7.89. The maximum atomic E-state index is 12.2. The Morgan fingerprint density at radius 3 is 2.55 bits per heavy atom. The number of hydrogen-bond donors (Lipinski definition) is 2. The summed E-state index contributed by atoms with van der Waals surface area (Å²) in [6.07, 6.45) is 5.43. The van der Waals surface area contributed by atoms with Crippen molar-refractivity contribution in [3.8, 4) is 0 Å². The summed E-state index contributed by atoms with van der Waals surface area (Å²) in [5.41, 5.74) is 2.10. The molecule has 0 unspecified atom stereocenters. The van der Waals surface area contributed by atoms with Gasteiger partial charge >= 0.3 is 0 Å². The lowest BCUT2D eigenvalue weighted by Gasteiger charge is -2.09. The molecule has 29 heavy (non-hydrogen) atoms. The third-order valence-electron chi connectivity index (χ3n) is 4.19. The fourth-order valence-electron chi connectivity index (χ4n) is 2.66. The fourth-order valence-corrected chi connectivity index (χ4v) is 3.99. The minimum atomic E-state index is -3.69. The van der Waals surface area contributed by atoms with Crippen molar-refractivity contribution in [3.63, 3.8) is 0 Å². The molecule has 3 aromatic rings. The highest BCUT2D eigenvalue weighted by Crippen LogP contribution is 2.15. The molecule has 0 aliphatic carbocycles. The van der Waals surface area contributed by atoms with Gasteiger partial charge in [0.15, 0.2) is 0 Å². The summed E-state index contributed by atoms with van der Waals surface area (Å²) in [6.45, 7) is 1.12. The normalized spacial score (nSPS) is 11.3. The maximum Gasteiger partial charge on any atom is 0.240 e. The molecule has 0 spiro atoms. The summed E-state index contributed by atoms with van der Waals surface area (Å²) in [5.74, 6) is -0.235. The van der Waals surface area contributed by atoms with Crippen LogP contribution < -0.4 is 10.0 Å². The van der Waals surface area contributed by atoms with E-state index in [1.165, 1.54) is 12.1 Å². The molecule has 0 bridgehead atoms. The van der Waals surface area contributed by atoms with Gasteiger partial charge in [0, 0.05) is 43.5 Å². The lowest BCUT2D eigenvalue weighted by atomic mass is 10.1. The van der Waals surface area contributed by atoms with Crippen LogP contribution in [0, 0.1) is 0 Å². The first kappa shape index (κ1) is 21.0. The van der Waals surface area contributed by atoms with E-state index in [1.807, 2.05) is 35.0 Å². The quantitative estimate of drug-likeness (QED) is 0.543. The van der Waals surface area contributed by atoms with Crippen LogP contribution in [0.5, 0.6) is 0 Å². The largest absolute Gasteiger partial charge is 0.352 e. The third kappa shape index (κ3) is 6.42. The highest BCUT2D eigenvalue weighted by atomic mass is 35.5. The molecule has 1 aromatic heterocycles. The van der Waals surface area contributed by atoms with Crippen molar-refractivity contribution in [1.82, 2.24) is 19.6 Å². The molecule has 0 fully saturated rings. The van der Waals surface area contributed by atoms with Crippen LogP contribution in [0.2, 0.25) is 5.02 Å². The zero-order chi connectivity index (χ0) is 20.7. The van der Waals surface area contributed by atoms with E-state index < -0.39 is 10.0 Å². The predicted octanol–water partition coefficient (Wildman–Crippen LogP) is 2.57. The Kier molecular flexibility index (Phi) is 7.03. The molecule has 0 radical (unpaired) electrons. The monoisotopic (exact) mass is 432 g/mol. The van der Waals surface area contributed by atoms with Crippen LogP contribution in [-0.2, 0) is 27.9 Å². The van der Waals surface area contributed by atoms with Gasteiger partial charge in [0.25, 0.3) is 0 Å². The lowest BCUT2D eigenvalue weighted by molar-refractivity contribution is -0.121. The molecule has 7 nitrogen and oxygen atoms in total. The third-order valence-corrected chi connectivity index (χ3v) is 5.88. The zero-order valence-corrected chi connectivity index (χ0v) is 17.2. The summed E-state index contributed by atoms with van der Waals surface area (Å²) in [6, 6.07) is 13.9. The first-order valence-electron chi connectivity index (χ1n) is 8.98. The SMILES string of the molecule is O=C(CCNS(=O)(=O)c1cccc(Cl)c1)NCc1ccc(Cn2ccnc2)cc1. The Labute approximate surface area is 174 Å². The van der Waals surface area contributed by atoms with E-state index in [9.17, 15) is 13.2 Å². The number of sulfonamides is 1. The molecular formula is C20H21ClN4O3S. The molecule has 0 atom stereocenters. The number of amides is 1. The van der Waals surface area contributed by atoms with Crippen molar-refractivity contribution in [2.24, 2.45) is 0 Å². The summed E-state index contributed by atoms with van der Waals surface area (Å²) >= 11 is 5.82. The number of aromatic nitrogens is 2. The first-order chi connectivity index (χ1) is 13.9. The summed E-state index contributed by atoms with van der Waals surface area (Å²) in [4.78, 5) is 16.1. The number of carbonyl (C=O) groups is 1. The predicted molar refractivity (Wildman–Crippen MR) is 111 cm³/mol. The van der Waals surface area contributed by atoms with E-state index in [1.54, 1.807) is 24.7 Å². The van der Waals surface area contributed by atoms with Gasteiger partial charge in [-0.2, -0.15) is 0 Å². The minimum absolute atomic E-state index is 0.00449. The second-order valence-corrected chi connectivity index (χ2v) is 8.64. The Bertz CT molecular complexity index is 1050. The summed E-state index contributed by atoms with van der Waals surface area (Å²) in [5, 5.41) is 3.12. The molecular weight excluding hydrogens is 412 g/mol. The summed E-state index contributed by atoms with van der Waals surface area (Å²) < 4.78 is 28.7. The molecule has 1 heterocycles. The van der Waals surface area contributed by atoms with E-state index in [2.05, 4.69) is 15.0 Å². The molecule has 0 saturated heterocycles. The smallest absolute Gasteiger partial charge is 0.240 e. The van der Waals surface area contributed by atoms with Crippen LogP contribution in [-0.4, -0.2) is 30.4 Å². The van der Waals surface area contributed by atoms with E-state index in [-0.39, 0.29) is 23.8 Å². The van der Waals surface area contributed by atoms with Gasteiger partial charge in [-0.25, -0.2) is 18.1 Å². The minimum Gasteiger partial charge on any atom is -0.352 e. The molecule has 9 heteroatoms. The molecule has 0 saturated carbocycles. The number of hydrogen-bond acceptors (Lipinski definition) is 4. The second kappa shape index (κ2) is 9.69. The topological polar surface area (TPSA) is 93.1 Å². The fraction of sp³-hybridized carbons (Fsp3) is 0.200. The van der Waals surface area contributed by atoms with Gasteiger partial charge in [0.05, 0.1) is 11.2 Å². The van der Waals surface area contributed by atoms with Crippen LogP contribution in [0.3, 0.4) is 0 Å². The van der Waals surface area contributed by atoms with E-state index in [4.69, 9.17) is 11.6 Å². The van der Waals surface area contributed by atoms with Crippen molar-refractivity contribution in [2.75, 3.05) is 6.54 Å². The molecule has 1 amide bonds. The van der Waals surface area contributed by atoms with E-state index >= 15 is 0 Å². The van der Waals surface area contributed by atoms with Gasteiger partial charge in [-0.1, -0.05) is 41.9 Å². The zero-order valence-electron chi connectivity index (χ0n) is 15.6. The number of nitrogens with one attached hydrogen (secondary N) is 2. The van der Waals surface area contributed by atoms with E-state index in [0.29, 0.717) is 11.6 Å². The molecule has 2 N–H and O–H groups in total. The van der Waals surface area contributed by atoms with Crippen LogP contribution in [0.1, 0.15) is 17.5 Å². The van der Waals surface area contributed by atoms with Gasteiger partial charge in [0.2, 0.25) is 15.9 Å². The molecule has 2 aromatic carbocycles. The van der Waals surface area contributed by atoms with Gasteiger partial charge < -0.3 is 9.88 Å². The number of nitrogens with zero attached hydrogens (tertiary/aromatic N) is 2. The molecule has 0 aliphatic rings. The highest BCUT2D eigenvalue weighted by Gasteiger charge is 2.14. The van der Waals surface area contributed by atoms with Crippen molar-refractivity contribution in [1.29, 1.82) is 0 Å². The van der Waals surface area contributed by atoms with Crippen molar-refractivity contribution < 1.29 is 13.2 Å². The standard InChI is InChI=1S/C20H21ClN4O3S/c21-18-2-1-3-19(12-18)29(27,28)24-9-8-20(26)23-13-16-4-6-17(7-5-16)14-25-11-10-22-15-25/h1-7,10-12,15,24H,8-9,13-14H2,(H,23,26). The van der Waals surface area contributed by atoms with Crippen LogP contribution >= 0.6 is 11.6 Å². The average molecular weight is 433 g/mol. The van der Waals surface area contributed by atoms with Gasteiger partial charge in [-0.15, -0.1) is 0 Å². The Morgan fingerprint density at radius 1 is 1.10 bits per heavy atom. The molecule has 3 rings (SSSR count). The number of benzene rings is 2. The van der Waals surface area contributed by atoms with E-state index in [0.717, 1.165) is 17.7 Å². The van der Waals surface area contributed by atoms with Crippen LogP contribution in [0.25, 0.3) is 0 Å². The number of halogens is 1. The average Bonchev–Trinajstić information content (AvgIpc) is 3.20. The lowest BCUT2D eigenvalue weighted by Crippen LogP contribution is -2.30. The number of rotatable bonds is 9. The Hall–Kier alpha value is -2.68. The van der Waals surface area contributed by atoms with Crippen LogP contribution in [0.15, 0.2) is 72.1 Å². The Balaban J connectivity index is 1.42. The van der Waals surface area contributed by atoms with Crippen molar-refractivity contribution >= 4 is 27.5 Å². The van der Waals surface area contributed by atoms with Crippen LogP contribution in [0.4, 0.5) is 0 Å². The number of carbonyl (C=O) groups excluding carboxylic acids is 1. The van der Waals surface area contributed by atoms with Gasteiger partial charge in [-0.05, 0) is 29.3 Å². The Morgan fingerprint density at radius 2 is 1.86 bits per heavy atom. The summed E-state index contributed by atoms with van der Waals surface area (Å²) in [7, 11) is -3.69. The van der Waals surface area contributed by atoms with Gasteiger partial charge in [-0.3, -0.25) is 4.79 Å². The first-order valence-corrected chi connectivity index (χ1v) is 10.8. The van der Waals surface area contributed by atoms with Crippen molar-refractivity contribution in [3.05, 3.63) is 83.4 Å². The van der Waals surface area contributed by atoms with Gasteiger partial charge in [0.1, 0.15) is 0 Å². The number of imidazole rings is 1. The van der Waals surface area contributed by atoms with Crippen molar-refractivity contribution in [2.45, 2.75) is 24.4 Å². The molecule has 152 valence electrons. The second-order valence-electron chi connectivity index (χ2n) is 6.43.